The molecule has 0 bridgehead atoms. The van der Waals surface area contributed by atoms with Gasteiger partial charge in [0.1, 0.15) is 5.75 Å². The number of esters is 2. The lowest BCUT2D eigenvalue weighted by atomic mass is 10.3. The zero-order chi connectivity index (χ0) is 13.5. The summed E-state index contributed by atoms with van der Waals surface area (Å²) in [5.41, 5.74) is 0.00627. The number of ether oxygens (including phenoxy) is 3. The summed E-state index contributed by atoms with van der Waals surface area (Å²) in [4.78, 5) is 26.6. The first-order valence-electron chi connectivity index (χ1n) is 5.01. The molecular formula is C12H13NO5. The first-order valence-corrected chi connectivity index (χ1v) is 5.01. The van der Waals surface area contributed by atoms with Crippen LogP contribution in [0, 0.1) is 0 Å². The molecule has 1 aromatic carbocycles. The summed E-state index contributed by atoms with van der Waals surface area (Å²) in [5.74, 6) is -1.05. The van der Waals surface area contributed by atoms with Crippen molar-refractivity contribution in [2.75, 3.05) is 21.3 Å². The van der Waals surface area contributed by atoms with Gasteiger partial charge in [0, 0.05) is 0 Å². The molecule has 0 aromatic heterocycles. The molecule has 0 heterocycles. The molecule has 6 nitrogen and oxygen atoms in total. The fourth-order valence-corrected chi connectivity index (χ4v) is 1.15. The maximum atomic E-state index is 11.4. The molecule has 6 heteroatoms. The largest absolute Gasteiger partial charge is 0.497 e. The summed E-state index contributed by atoms with van der Waals surface area (Å²) in [6.45, 7) is 0. The topological polar surface area (TPSA) is 74.2 Å². The summed E-state index contributed by atoms with van der Waals surface area (Å²) in [6, 6.07) is 6.52. The highest BCUT2D eigenvalue weighted by Gasteiger charge is 2.22. The zero-order valence-corrected chi connectivity index (χ0v) is 10.3. The third kappa shape index (κ3) is 3.31. The van der Waals surface area contributed by atoms with Gasteiger partial charge in [0.2, 0.25) is 5.71 Å². The minimum absolute atomic E-state index is 0.412. The van der Waals surface area contributed by atoms with Crippen LogP contribution in [0.5, 0.6) is 5.75 Å². The van der Waals surface area contributed by atoms with Crippen molar-refractivity contribution in [2.45, 2.75) is 0 Å². The molecule has 1 rings (SSSR count). The van der Waals surface area contributed by atoms with Gasteiger partial charge in [-0.25, -0.2) is 14.6 Å². The second-order valence-corrected chi connectivity index (χ2v) is 3.14. The van der Waals surface area contributed by atoms with Gasteiger partial charge in [-0.2, -0.15) is 0 Å². The van der Waals surface area contributed by atoms with E-state index < -0.39 is 17.7 Å². The van der Waals surface area contributed by atoms with Gasteiger partial charge in [-0.1, -0.05) is 0 Å². The van der Waals surface area contributed by atoms with E-state index in [1.54, 1.807) is 24.3 Å². The summed E-state index contributed by atoms with van der Waals surface area (Å²) in [7, 11) is 3.86. The van der Waals surface area contributed by atoms with Gasteiger partial charge >= 0.3 is 11.9 Å². The molecule has 0 saturated heterocycles. The zero-order valence-electron chi connectivity index (χ0n) is 10.3. The molecule has 0 aliphatic carbocycles. The van der Waals surface area contributed by atoms with E-state index in [0.29, 0.717) is 11.4 Å². The van der Waals surface area contributed by atoms with Crippen molar-refractivity contribution in [1.82, 2.24) is 0 Å². The summed E-state index contributed by atoms with van der Waals surface area (Å²) < 4.78 is 13.9. The van der Waals surface area contributed by atoms with Crippen LogP contribution >= 0.6 is 0 Å². The third-order valence-electron chi connectivity index (χ3n) is 2.07. The number of rotatable bonds is 4. The lowest BCUT2D eigenvalue weighted by Crippen LogP contribution is -2.26. The summed E-state index contributed by atoms with van der Waals surface area (Å²) >= 11 is 0. The Labute approximate surface area is 104 Å². The Morgan fingerprint density at radius 3 is 1.83 bits per heavy atom. The molecule has 0 saturated carbocycles. The van der Waals surface area contributed by atoms with Gasteiger partial charge in [0.15, 0.2) is 0 Å². The first-order chi connectivity index (χ1) is 8.62. The molecule has 18 heavy (non-hydrogen) atoms. The van der Waals surface area contributed by atoms with Crippen LogP contribution < -0.4 is 4.74 Å². The van der Waals surface area contributed by atoms with Crippen molar-refractivity contribution in [2.24, 2.45) is 4.99 Å². The van der Waals surface area contributed by atoms with Crippen LogP contribution in [-0.2, 0) is 19.1 Å². The molecule has 0 unspecified atom stereocenters. The van der Waals surface area contributed by atoms with E-state index in [1.165, 1.54) is 7.11 Å². The van der Waals surface area contributed by atoms with Crippen LogP contribution in [0.4, 0.5) is 5.69 Å². The molecule has 0 aliphatic rings. The number of carbonyl (C=O) groups excluding carboxylic acids is 2. The molecular weight excluding hydrogens is 238 g/mol. The van der Waals surface area contributed by atoms with E-state index in [-0.39, 0.29) is 0 Å². The minimum atomic E-state index is -0.849. The molecule has 0 atom stereocenters. The van der Waals surface area contributed by atoms with Crippen molar-refractivity contribution >= 4 is 23.3 Å². The Hall–Kier alpha value is -2.37. The maximum absolute atomic E-state index is 11.4. The van der Waals surface area contributed by atoms with E-state index in [1.807, 2.05) is 0 Å². The average molecular weight is 251 g/mol. The quantitative estimate of drug-likeness (QED) is 0.455. The fourth-order valence-electron chi connectivity index (χ4n) is 1.15. The van der Waals surface area contributed by atoms with Gasteiger partial charge in [0.25, 0.3) is 0 Å². The van der Waals surface area contributed by atoms with Crippen LogP contribution in [0.2, 0.25) is 0 Å². The van der Waals surface area contributed by atoms with Crippen molar-refractivity contribution < 1.29 is 23.8 Å². The monoisotopic (exact) mass is 251 g/mol. The van der Waals surface area contributed by atoms with E-state index >= 15 is 0 Å². The van der Waals surface area contributed by atoms with Crippen molar-refractivity contribution in [3.8, 4) is 5.75 Å². The number of benzene rings is 1. The van der Waals surface area contributed by atoms with Crippen LogP contribution in [0.3, 0.4) is 0 Å². The van der Waals surface area contributed by atoms with E-state index in [0.717, 1.165) is 14.2 Å². The Kier molecular flexibility index (Phi) is 4.86. The van der Waals surface area contributed by atoms with Crippen LogP contribution in [-0.4, -0.2) is 39.0 Å². The highest BCUT2D eigenvalue weighted by molar-refractivity contribution is 6.62. The first kappa shape index (κ1) is 13.7. The van der Waals surface area contributed by atoms with Crippen molar-refractivity contribution in [1.29, 1.82) is 0 Å². The second kappa shape index (κ2) is 6.39. The Balaban J connectivity index is 3.06. The van der Waals surface area contributed by atoms with Gasteiger partial charge in [-0.05, 0) is 24.3 Å². The fraction of sp³-hybridized carbons (Fsp3) is 0.250. The van der Waals surface area contributed by atoms with Crippen LogP contribution in [0.15, 0.2) is 29.3 Å². The molecule has 1 aromatic rings. The second-order valence-electron chi connectivity index (χ2n) is 3.14. The van der Waals surface area contributed by atoms with Gasteiger partial charge < -0.3 is 14.2 Å². The molecule has 0 aliphatic heterocycles. The highest BCUT2D eigenvalue weighted by atomic mass is 16.5. The molecule has 0 fully saturated rings. The predicted molar refractivity (Wildman–Crippen MR) is 64.1 cm³/mol. The predicted octanol–water partition coefficient (Wildman–Crippen LogP) is 1.11. The van der Waals surface area contributed by atoms with E-state index in [2.05, 4.69) is 14.5 Å². The summed E-state index contributed by atoms with van der Waals surface area (Å²) in [5, 5.41) is 0. The molecule has 0 radical (unpaired) electrons. The minimum Gasteiger partial charge on any atom is -0.497 e. The Morgan fingerprint density at radius 2 is 1.44 bits per heavy atom. The summed E-state index contributed by atoms with van der Waals surface area (Å²) in [6.07, 6.45) is 0. The molecule has 0 amide bonds. The lowest BCUT2D eigenvalue weighted by Gasteiger charge is -2.03. The molecule has 0 spiro atoms. The number of nitrogens with zero attached hydrogens (tertiary/aromatic N) is 1. The number of methoxy groups -OCH3 is 3. The molecule has 0 N–H and O–H groups in total. The van der Waals surface area contributed by atoms with Gasteiger partial charge in [-0.15, -0.1) is 0 Å². The van der Waals surface area contributed by atoms with Gasteiger partial charge in [0.05, 0.1) is 27.0 Å². The Morgan fingerprint density at radius 1 is 0.944 bits per heavy atom. The van der Waals surface area contributed by atoms with Crippen molar-refractivity contribution in [3.05, 3.63) is 24.3 Å². The third-order valence-corrected chi connectivity index (χ3v) is 2.07. The lowest BCUT2D eigenvalue weighted by molar-refractivity contribution is -0.138. The number of hydrogen-bond acceptors (Lipinski definition) is 6. The number of hydrogen-bond donors (Lipinski definition) is 0. The van der Waals surface area contributed by atoms with Crippen LogP contribution in [0.25, 0.3) is 0 Å². The van der Waals surface area contributed by atoms with Crippen molar-refractivity contribution in [3.63, 3.8) is 0 Å². The number of aliphatic imine (C=N–C) groups is 1. The SMILES string of the molecule is COC(=O)C(=Nc1ccc(OC)cc1)C(=O)OC. The van der Waals surface area contributed by atoms with E-state index in [9.17, 15) is 9.59 Å². The maximum Gasteiger partial charge on any atom is 0.364 e. The standard InChI is InChI=1S/C12H13NO5/c1-16-9-6-4-8(5-7-9)13-10(11(14)17-2)12(15)18-3/h4-7H,1-3H3. The Bertz CT molecular complexity index is 446. The van der Waals surface area contributed by atoms with Gasteiger partial charge in [-0.3, -0.25) is 0 Å². The average Bonchev–Trinajstić information content (AvgIpc) is 2.43. The van der Waals surface area contributed by atoms with Crippen LogP contribution in [0.1, 0.15) is 0 Å². The van der Waals surface area contributed by atoms with E-state index in [4.69, 9.17) is 4.74 Å². The number of carbonyl (C=O) groups is 2. The highest BCUT2D eigenvalue weighted by Crippen LogP contribution is 2.18. The normalized spacial score (nSPS) is 9.28. The molecule has 96 valence electrons. The smallest absolute Gasteiger partial charge is 0.364 e.